The normalized spacial score (nSPS) is 10.9. The maximum atomic E-state index is 12.8. The number of carboxylic acid groups (broad SMARTS) is 1. The summed E-state index contributed by atoms with van der Waals surface area (Å²) in [6.07, 6.45) is 1.37. The van der Waals surface area contributed by atoms with E-state index in [1.807, 2.05) is 13.8 Å². The van der Waals surface area contributed by atoms with Crippen molar-refractivity contribution in [2.24, 2.45) is 0 Å². The van der Waals surface area contributed by atoms with Gasteiger partial charge in [0.2, 0.25) is 0 Å². The van der Waals surface area contributed by atoms with Gasteiger partial charge in [0.25, 0.3) is 11.5 Å². The van der Waals surface area contributed by atoms with Crippen LogP contribution in [0.15, 0.2) is 33.9 Å². The molecule has 3 N–H and O–H groups in total. The Morgan fingerprint density at radius 1 is 1.09 bits per heavy atom. The molecule has 1 amide bonds. The molecule has 3 rings (SSSR count). The van der Waals surface area contributed by atoms with E-state index < -0.39 is 24.0 Å². The predicted molar refractivity (Wildman–Crippen MR) is 117 cm³/mol. The van der Waals surface area contributed by atoms with Crippen LogP contribution in [0.5, 0.6) is 5.75 Å². The molecule has 11 heteroatoms. The van der Waals surface area contributed by atoms with Gasteiger partial charge in [-0.1, -0.05) is 13.8 Å². The maximum absolute atomic E-state index is 12.8. The lowest BCUT2D eigenvalue weighted by Gasteiger charge is -2.09. The van der Waals surface area contributed by atoms with Gasteiger partial charge in [-0.2, -0.15) is 0 Å². The monoisotopic (exact) mass is 443 g/mol. The minimum atomic E-state index is -1.14. The highest BCUT2D eigenvalue weighted by molar-refractivity contribution is 5.82. The first kappa shape index (κ1) is 22.8. The highest BCUT2D eigenvalue weighted by Gasteiger charge is 2.17. The number of fused-ring (bicyclic) bond motifs is 1. The SMILES string of the molecule is CCCn1c(=O)c2[nH]c(-c3ccc(OCC(=O)NCC(=O)O)cc3)nc2n(CCC)c1=O. The first-order chi connectivity index (χ1) is 15.3. The van der Waals surface area contributed by atoms with Crippen molar-refractivity contribution >= 4 is 23.0 Å². The average molecular weight is 443 g/mol. The van der Waals surface area contributed by atoms with Gasteiger partial charge in [-0.3, -0.25) is 23.5 Å². The number of aromatic amines is 1. The van der Waals surface area contributed by atoms with E-state index in [9.17, 15) is 19.2 Å². The van der Waals surface area contributed by atoms with Crippen LogP contribution < -0.4 is 21.3 Å². The van der Waals surface area contributed by atoms with Crippen molar-refractivity contribution in [3.8, 4) is 17.1 Å². The number of nitrogens with one attached hydrogen (secondary N) is 2. The van der Waals surface area contributed by atoms with Gasteiger partial charge >= 0.3 is 11.7 Å². The highest BCUT2D eigenvalue weighted by atomic mass is 16.5. The van der Waals surface area contributed by atoms with Crippen LogP contribution in [0.1, 0.15) is 26.7 Å². The third-order valence-electron chi connectivity index (χ3n) is 4.69. The van der Waals surface area contributed by atoms with Gasteiger partial charge in [-0.05, 0) is 37.1 Å². The smallest absolute Gasteiger partial charge is 0.332 e. The van der Waals surface area contributed by atoms with Crippen molar-refractivity contribution in [2.45, 2.75) is 39.8 Å². The number of hydrogen-bond acceptors (Lipinski definition) is 6. The Hall–Kier alpha value is -3.89. The van der Waals surface area contributed by atoms with Crippen molar-refractivity contribution in [1.29, 1.82) is 0 Å². The molecule has 0 bridgehead atoms. The van der Waals surface area contributed by atoms with Gasteiger partial charge in [0.1, 0.15) is 23.6 Å². The van der Waals surface area contributed by atoms with Crippen molar-refractivity contribution in [1.82, 2.24) is 24.4 Å². The molecule has 1 aromatic carbocycles. The Balaban J connectivity index is 1.87. The summed E-state index contributed by atoms with van der Waals surface area (Å²) < 4.78 is 8.09. The summed E-state index contributed by atoms with van der Waals surface area (Å²) in [5.41, 5.74) is 0.497. The predicted octanol–water partition coefficient (Wildman–Crippen LogP) is 0.953. The molecule has 0 atom stereocenters. The van der Waals surface area contributed by atoms with Crippen LogP contribution in [0.25, 0.3) is 22.6 Å². The number of benzene rings is 1. The fourth-order valence-electron chi connectivity index (χ4n) is 3.23. The summed E-state index contributed by atoms with van der Waals surface area (Å²) in [5.74, 6) is -0.852. The fraction of sp³-hybridized carbons (Fsp3) is 0.381. The lowest BCUT2D eigenvalue weighted by Crippen LogP contribution is -2.40. The van der Waals surface area contributed by atoms with Crippen LogP contribution in [0, 0.1) is 0 Å². The number of amides is 1. The molecule has 0 aliphatic heterocycles. The lowest BCUT2D eigenvalue weighted by molar-refractivity contribution is -0.138. The number of nitrogens with zero attached hydrogens (tertiary/aromatic N) is 3. The van der Waals surface area contributed by atoms with Gasteiger partial charge in [0.05, 0.1) is 0 Å². The number of aromatic nitrogens is 4. The minimum absolute atomic E-state index is 0.275. The first-order valence-electron chi connectivity index (χ1n) is 10.3. The van der Waals surface area contributed by atoms with Gasteiger partial charge in [0, 0.05) is 18.7 Å². The van der Waals surface area contributed by atoms with Crippen molar-refractivity contribution < 1.29 is 19.4 Å². The number of aliphatic carboxylic acids is 1. The van der Waals surface area contributed by atoms with Crippen LogP contribution >= 0.6 is 0 Å². The molecule has 0 spiro atoms. The number of aryl methyl sites for hydroxylation is 1. The third-order valence-corrected chi connectivity index (χ3v) is 4.69. The minimum Gasteiger partial charge on any atom is -0.484 e. The molecular formula is C21H25N5O6. The first-order valence-corrected chi connectivity index (χ1v) is 10.3. The molecule has 11 nitrogen and oxygen atoms in total. The Labute approximate surface area is 182 Å². The molecule has 0 radical (unpaired) electrons. The van der Waals surface area contributed by atoms with Gasteiger partial charge in [0.15, 0.2) is 12.3 Å². The van der Waals surface area contributed by atoms with Crippen LogP contribution in [-0.4, -0.2) is 49.2 Å². The molecule has 0 aliphatic rings. The highest BCUT2D eigenvalue weighted by Crippen LogP contribution is 2.21. The van der Waals surface area contributed by atoms with E-state index >= 15 is 0 Å². The van der Waals surface area contributed by atoms with E-state index in [4.69, 9.17) is 9.84 Å². The zero-order valence-electron chi connectivity index (χ0n) is 17.9. The number of carbonyl (C=O) groups excluding carboxylic acids is 1. The van der Waals surface area contributed by atoms with Crippen LogP contribution in [0.2, 0.25) is 0 Å². The van der Waals surface area contributed by atoms with Crippen molar-refractivity contribution in [3.63, 3.8) is 0 Å². The van der Waals surface area contributed by atoms with Gasteiger partial charge in [-0.25, -0.2) is 9.78 Å². The van der Waals surface area contributed by atoms with Crippen LogP contribution in [0.3, 0.4) is 0 Å². The summed E-state index contributed by atoms with van der Waals surface area (Å²) in [6.45, 7) is 3.83. The largest absolute Gasteiger partial charge is 0.484 e. The number of carbonyl (C=O) groups is 2. The Morgan fingerprint density at radius 2 is 1.75 bits per heavy atom. The zero-order valence-corrected chi connectivity index (χ0v) is 17.9. The zero-order chi connectivity index (χ0) is 23.3. The summed E-state index contributed by atoms with van der Waals surface area (Å²) in [6, 6.07) is 6.66. The number of ether oxygens (including phenoxy) is 1. The molecule has 32 heavy (non-hydrogen) atoms. The fourth-order valence-corrected chi connectivity index (χ4v) is 3.23. The van der Waals surface area contributed by atoms with Crippen molar-refractivity contribution in [2.75, 3.05) is 13.2 Å². The topological polar surface area (TPSA) is 148 Å². The molecule has 2 heterocycles. The Bertz CT molecular complexity index is 1240. The summed E-state index contributed by atoms with van der Waals surface area (Å²) >= 11 is 0. The van der Waals surface area contributed by atoms with Crippen molar-refractivity contribution in [3.05, 3.63) is 45.1 Å². The molecule has 0 saturated heterocycles. The average Bonchev–Trinajstić information content (AvgIpc) is 3.22. The number of hydrogen-bond donors (Lipinski definition) is 3. The quantitative estimate of drug-likeness (QED) is 0.422. The van der Waals surface area contributed by atoms with Gasteiger partial charge < -0.3 is 20.1 Å². The van der Waals surface area contributed by atoms with Gasteiger partial charge in [-0.15, -0.1) is 0 Å². The van der Waals surface area contributed by atoms with E-state index in [2.05, 4.69) is 15.3 Å². The molecule has 2 aromatic heterocycles. The Morgan fingerprint density at radius 3 is 2.38 bits per heavy atom. The Kier molecular flexibility index (Phi) is 7.08. The second-order valence-electron chi connectivity index (χ2n) is 7.16. The lowest BCUT2D eigenvalue weighted by atomic mass is 10.2. The van der Waals surface area contributed by atoms with Crippen LogP contribution in [0.4, 0.5) is 0 Å². The summed E-state index contributed by atoms with van der Waals surface area (Å²) in [7, 11) is 0. The van der Waals surface area contributed by atoms with E-state index in [0.717, 1.165) is 0 Å². The number of imidazole rings is 1. The van der Waals surface area contributed by atoms with E-state index in [1.54, 1.807) is 24.3 Å². The summed E-state index contributed by atoms with van der Waals surface area (Å²) in [4.78, 5) is 55.2. The number of rotatable bonds is 10. The third kappa shape index (κ3) is 4.88. The molecule has 0 unspecified atom stereocenters. The van der Waals surface area contributed by atoms with E-state index in [0.29, 0.717) is 48.7 Å². The molecular weight excluding hydrogens is 418 g/mol. The second-order valence-corrected chi connectivity index (χ2v) is 7.16. The van der Waals surface area contributed by atoms with E-state index in [-0.39, 0.29) is 17.8 Å². The summed E-state index contributed by atoms with van der Waals surface area (Å²) in [5, 5.41) is 10.8. The number of carboxylic acids is 1. The molecule has 3 aromatic rings. The van der Waals surface area contributed by atoms with Crippen LogP contribution in [-0.2, 0) is 22.7 Å². The molecule has 170 valence electrons. The molecule has 0 saturated carbocycles. The maximum Gasteiger partial charge on any atom is 0.332 e. The second kappa shape index (κ2) is 9.94. The standard InChI is InChI=1S/C21H25N5O6/c1-3-9-25-19-17(20(30)26(10-4-2)21(25)31)23-18(24-19)13-5-7-14(8-6-13)32-12-15(27)22-11-16(28)29/h5-8H,3-4,9-12H2,1-2H3,(H,22,27)(H,23,24)(H,28,29). The number of H-pyrrole nitrogens is 1. The molecule has 0 fully saturated rings. The molecule has 0 aliphatic carbocycles. The van der Waals surface area contributed by atoms with E-state index in [1.165, 1.54) is 9.13 Å².